The summed E-state index contributed by atoms with van der Waals surface area (Å²) in [6, 6.07) is 20.9. The molecule has 1 N–H and O–H groups in total. The van der Waals surface area contributed by atoms with Crippen LogP contribution >= 0.6 is 0 Å². The van der Waals surface area contributed by atoms with Crippen molar-refractivity contribution in [2.75, 3.05) is 27.7 Å². The Morgan fingerprint density at radius 1 is 1.09 bits per heavy atom. The molecule has 0 bridgehead atoms. The van der Waals surface area contributed by atoms with Gasteiger partial charge in [0.25, 0.3) is 5.91 Å². The number of ether oxygens (including phenoxy) is 1. The number of likely N-dealkylation sites (N-methyl/N-ethyl adjacent to an activating group) is 1. The monoisotopic (exact) mass is 430 g/mol. The van der Waals surface area contributed by atoms with E-state index in [1.807, 2.05) is 85.7 Å². The van der Waals surface area contributed by atoms with Gasteiger partial charge in [-0.1, -0.05) is 18.2 Å². The number of carbonyl (C=O) groups excluding carboxylic acids is 1. The van der Waals surface area contributed by atoms with Crippen molar-refractivity contribution in [3.8, 4) is 22.7 Å². The number of benzene rings is 2. The summed E-state index contributed by atoms with van der Waals surface area (Å²) >= 11 is 0. The summed E-state index contributed by atoms with van der Waals surface area (Å²) in [5.41, 5.74) is 2.81. The second kappa shape index (κ2) is 9.53. The van der Waals surface area contributed by atoms with Crippen molar-refractivity contribution in [1.29, 1.82) is 0 Å². The first-order chi connectivity index (χ1) is 15.6. The SMILES string of the molecule is COc1ccc(-c2nn(-c3ccccc3)cc2C(=O)NCC(c2ccco2)N(C)C)cc1. The second-order valence-corrected chi connectivity index (χ2v) is 7.60. The molecule has 7 heteroatoms. The van der Waals surface area contributed by atoms with Crippen LogP contribution < -0.4 is 10.1 Å². The topological polar surface area (TPSA) is 72.5 Å². The van der Waals surface area contributed by atoms with Gasteiger partial charge < -0.3 is 14.5 Å². The highest BCUT2D eigenvalue weighted by atomic mass is 16.5. The van der Waals surface area contributed by atoms with E-state index < -0.39 is 0 Å². The van der Waals surface area contributed by atoms with Crippen LogP contribution in [0.25, 0.3) is 16.9 Å². The fourth-order valence-corrected chi connectivity index (χ4v) is 3.52. The normalized spacial score (nSPS) is 12.0. The van der Waals surface area contributed by atoms with Gasteiger partial charge in [-0.2, -0.15) is 5.10 Å². The molecule has 4 rings (SSSR count). The molecule has 0 aliphatic heterocycles. The molecule has 164 valence electrons. The Kier molecular flexibility index (Phi) is 6.37. The van der Waals surface area contributed by atoms with Gasteiger partial charge in [-0.3, -0.25) is 9.69 Å². The van der Waals surface area contributed by atoms with Gasteiger partial charge in [0, 0.05) is 18.3 Å². The summed E-state index contributed by atoms with van der Waals surface area (Å²) in [5.74, 6) is 1.34. The summed E-state index contributed by atoms with van der Waals surface area (Å²) in [4.78, 5) is 15.3. The molecule has 32 heavy (non-hydrogen) atoms. The second-order valence-electron chi connectivity index (χ2n) is 7.60. The number of nitrogens with zero attached hydrogens (tertiary/aromatic N) is 3. The Labute approximate surface area is 187 Å². The van der Waals surface area contributed by atoms with Crippen LogP contribution in [-0.4, -0.2) is 48.3 Å². The van der Waals surface area contributed by atoms with Crippen LogP contribution in [0.3, 0.4) is 0 Å². The van der Waals surface area contributed by atoms with Crippen molar-refractivity contribution < 1.29 is 13.9 Å². The van der Waals surface area contributed by atoms with Gasteiger partial charge in [0.15, 0.2) is 0 Å². The van der Waals surface area contributed by atoms with Crippen molar-refractivity contribution in [1.82, 2.24) is 20.0 Å². The fraction of sp³-hybridized carbons (Fsp3) is 0.200. The zero-order valence-electron chi connectivity index (χ0n) is 18.4. The van der Waals surface area contributed by atoms with Crippen LogP contribution in [-0.2, 0) is 0 Å². The molecule has 2 aromatic heterocycles. The number of para-hydroxylation sites is 1. The third kappa shape index (κ3) is 4.58. The summed E-state index contributed by atoms with van der Waals surface area (Å²) < 4.78 is 12.5. The van der Waals surface area contributed by atoms with Crippen molar-refractivity contribution >= 4 is 5.91 Å². The minimum Gasteiger partial charge on any atom is -0.497 e. The van der Waals surface area contributed by atoms with Crippen molar-refractivity contribution in [2.24, 2.45) is 0 Å². The summed E-state index contributed by atoms with van der Waals surface area (Å²) in [7, 11) is 5.53. The molecule has 7 nitrogen and oxygen atoms in total. The third-order valence-electron chi connectivity index (χ3n) is 5.29. The maximum Gasteiger partial charge on any atom is 0.255 e. The molecule has 0 saturated heterocycles. The molecule has 1 atom stereocenters. The molecule has 0 aliphatic rings. The number of aromatic nitrogens is 2. The van der Waals surface area contributed by atoms with Crippen molar-refractivity contribution in [3.63, 3.8) is 0 Å². The number of rotatable bonds is 8. The lowest BCUT2D eigenvalue weighted by Crippen LogP contribution is -2.34. The van der Waals surface area contributed by atoms with Crippen LogP contribution in [0.1, 0.15) is 22.2 Å². The molecule has 1 amide bonds. The number of carbonyl (C=O) groups is 1. The zero-order chi connectivity index (χ0) is 22.5. The lowest BCUT2D eigenvalue weighted by atomic mass is 10.1. The lowest BCUT2D eigenvalue weighted by Gasteiger charge is -2.22. The van der Waals surface area contributed by atoms with Crippen molar-refractivity contribution in [3.05, 3.63) is 90.5 Å². The number of amides is 1. The summed E-state index contributed by atoms with van der Waals surface area (Å²) in [5, 5.41) is 7.77. The number of furan rings is 1. The van der Waals surface area contributed by atoms with E-state index in [-0.39, 0.29) is 11.9 Å². The number of hydrogen-bond donors (Lipinski definition) is 1. The molecular formula is C25H26N4O3. The Hall–Kier alpha value is -3.84. The van der Waals surface area contributed by atoms with Gasteiger partial charge in [0.2, 0.25) is 0 Å². The predicted molar refractivity (Wildman–Crippen MR) is 123 cm³/mol. The maximum atomic E-state index is 13.3. The Morgan fingerprint density at radius 3 is 2.47 bits per heavy atom. The van der Waals surface area contributed by atoms with E-state index in [1.54, 1.807) is 24.3 Å². The molecule has 1 unspecified atom stereocenters. The number of hydrogen-bond acceptors (Lipinski definition) is 5. The maximum absolute atomic E-state index is 13.3. The van der Waals surface area contributed by atoms with Gasteiger partial charge in [0.05, 0.1) is 30.7 Å². The molecule has 0 aliphatic carbocycles. The quantitative estimate of drug-likeness (QED) is 0.454. The van der Waals surface area contributed by atoms with E-state index in [9.17, 15) is 4.79 Å². The Bertz CT molecular complexity index is 1150. The van der Waals surface area contributed by atoms with Crippen molar-refractivity contribution in [2.45, 2.75) is 6.04 Å². The molecule has 2 heterocycles. The number of nitrogens with one attached hydrogen (secondary N) is 1. The average molecular weight is 431 g/mol. The standard InChI is InChI=1S/C25H26N4O3/c1-28(2)22(23-10-7-15-32-23)16-26-25(30)21-17-29(19-8-5-4-6-9-19)27-24(21)18-11-13-20(31-3)14-12-18/h4-15,17,22H,16H2,1-3H3,(H,26,30). The lowest BCUT2D eigenvalue weighted by molar-refractivity contribution is 0.0939. The highest BCUT2D eigenvalue weighted by Crippen LogP contribution is 2.26. The molecule has 0 saturated carbocycles. The van der Waals surface area contributed by atoms with E-state index in [0.717, 1.165) is 22.8 Å². The van der Waals surface area contributed by atoms with E-state index in [1.165, 1.54) is 0 Å². The van der Waals surface area contributed by atoms with E-state index in [0.29, 0.717) is 17.8 Å². The fourth-order valence-electron chi connectivity index (χ4n) is 3.52. The largest absolute Gasteiger partial charge is 0.497 e. The molecule has 0 spiro atoms. The van der Waals surface area contributed by atoms with Crippen LogP contribution in [0.2, 0.25) is 0 Å². The van der Waals surface area contributed by atoms with Crippen LogP contribution in [0, 0.1) is 0 Å². The highest BCUT2D eigenvalue weighted by molar-refractivity contribution is 6.00. The minimum atomic E-state index is -0.198. The first-order valence-electron chi connectivity index (χ1n) is 10.3. The van der Waals surface area contributed by atoms with Crippen LogP contribution in [0.4, 0.5) is 0 Å². The first kappa shape index (κ1) is 21.4. The third-order valence-corrected chi connectivity index (χ3v) is 5.29. The zero-order valence-corrected chi connectivity index (χ0v) is 18.4. The molecule has 4 aromatic rings. The van der Waals surface area contributed by atoms with E-state index in [4.69, 9.17) is 14.3 Å². The van der Waals surface area contributed by atoms with Crippen LogP contribution in [0.15, 0.2) is 83.6 Å². The minimum absolute atomic E-state index is 0.0810. The van der Waals surface area contributed by atoms with Crippen LogP contribution in [0.5, 0.6) is 5.75 Å². The van der Waals surface area contributed by atoms with Gasteiger partial charge in [-0.15, -0.1) is 0 Å². The Balaban J connectivity index is 1.64. The predicted octanol–water partition coefficient (Wildman–Crippen LogP) is 4.17. The molecule has 2 aromatic carbocycles. The van der Waals surface area contributed by atoms with Gasteiger partial charge in [-0.05, 0) is 62.6 Å². The molecular weight excluding hydrogens is 404 g/mol. The van der Waals surface area contributed by atoms with E-state index >= 15 is 0 Å². The first-order valence-corrected chi connectivity index (χ1v) is 10.3. The average Bonchev–Trinajstić information content (AvgIpc) is 3.50. The smallest absolute Gasteiger partial charge is 0.255 e. The Morgan fingerprint density at radius 2 is 1.84 bits per heavy atom. The van der Waals surface area contributed by atoms with Gasteiger partial charge in [0.1, 0.15) is 17.2 Å². The highest BCUT2D eigenvalue weighted by Gasteiger charge is 2.22. The van der Waals surface area contributed by atoms with Gasteiger partial charge in [-0.25, -0.2) is 4.68 Å². The van der Waals surface area contributed by atoms with E-state index in [2.05, 4.69) is 5.32 Å². The molecule has 0 fully saturated rings. The van der Waals surface area contributed by atoms with Gasteiger partial charge >= 0.3 is 0 Å². The summed E-state index contributed by atoms with van der Waals surface area (Å²) in [6.45, 7) is 0.401. The number of methoxy groups -OCH3 is 1. The summed E-state index contributed by atoms with van der Waals surface area (Å²) in [6.07, 6.45) is 3.40. The molecule has 0 radical (unpaired) electrons.